The van der Waals surface area contributed by atoms with Crippen LogP contribution in [0, 0.1) is 0 Å². The first-order chi connectivity index (χ1) is 18.3. The van der Waals surface area contributed by atoms with Crippen molar-refractivity contribution in [2.45, 2.75) is 83.2 Å². The first-order valence-electron chi connectivity index (χ1n) is 13.1. The van der Waals surface area contributed by atoms with Crippen molar-refractivity contribution in [3.63, 3.8) is 0 Å². The fraction of sp³-hybridized carbons (Fsp3) is 0.483. The van der Waals surface area contributed by atoms with Crippen LogP contribution in [0.5, 0.6) is 5.75 Å². The molecule has 0 radical (unpaired) electrons. The van der Waals surface area contributed by atoms with Crippen LogP contribution < -0.4 is 15.8 Å². The Kier molecular flexibility index (Phi) is 7.62. The van der Waals surface area contributed by atoms with Gasteiger partial charge < -0.3 is 25.6 Å². The molecule has 3 aliphatic heterocycles. The molecule has 4 rings (SSSR count). The van der Waals surface area contributed by atoms with Gasteiger partial charge in [0.2, 0.25) is 5.91 Å². The maximum absolute atomic E-state index is 14.2. The van der Waals surface area contributed by atoms with E-state index in [2.05, 4.69) is 16.9 Å². The predicted molar refractivity (Wildman–Crippen MR) is 146 cm³/mol. The number of benzene rings is 1. The average Bonchev–Trinajstić information content (AvgIpc) is 2.88. The van der Waals surface area contributed by atoms with Crippen LogP contribution >= 0.6 is 0 Å². The van der Waals surface area contributed by atoms with Crippen LogP contribution in [-0.2, 0) is 9.53 Å². The molecule has 0 saturated heterocycles. The molecule has 3 aliphatic rings. The highest BCUT2D eigenvalue weighted by atomic mass is 19.1. The third-order valence-corrected chi connectivity index (χ3v) is 7.75. The topological polar surface area (TPSA) is 126 Å². The number of allylic oxidation sites excluding steroid dienone is 3. The number of aliphatic hydroxyl groups excluding tert-OH is 1. The lowest BCUT2D eigenvalue weighted by Crippen LogP contribution is -2.57. The molecule has 39 heavy (non-hydrogen) atoms. The lowest BCUT2D eigenvalue weighted by atomic mass is 9.86. The van der Waals surface area contributed by atoms with Gasteiger partial charge in [0, 0.05) is 23.1 Å². The van der Waals surface area contributed by atoms with Crippen LogP contribution in [0.15, 0.2) is 59.1 Å². The summed E-state index contributed by atoms with van der Waals surface area (Å²) in [4.78, 5) is 32.8. The zero-order valence-corrected chi connectivity index (χ0v) is 23.1. The summed E-state index contributed by atoms with van der Waals surface area (Å²) in [6.45, 7) is 12.7. The van der Waals surface area contributed by atoms with Gasteiger partial charge in [-0.2, -0.15) is 0 Å². The van der Waals surface area contributed by atoms with Crippen molar-refractivity contribution < 1.29 is 28.6 Å². The van der Waals surface area contributed by atoms with E-state index in [1.54, 1.807) is 39.0 Å². The lowest BCUT2D eigenvalue weighted by Gasteiger charge is -2.42. The standard InChI is InChI=1S/C29H37FN4O5/c1-7-18(30)14-19-16(3)39-28(4,5)25(36)24(19)32-26(37)17-9-10-22-20(13-17)21(11-12-38-22)34-23(35)15-29(6,8-2)33-27(34)31/h7,9-10,13-14,21,24-25,36H,1,8,11-12,15H2,2-6H3,(H2,31,33)(H,32,37)/b18-14+/t21-,24-,25+,29+/m1/s1. The second-order valence-electron chi connectivity index (χ2n) is 11.0. The van der Waals surface area contributed by atoms with E-state index < -0.39 is 41.1 Å². The van der Waals surface area contributed by atoms with E-state index in [0.29, 0.717) is 42.1 Å². The first-order valence-corrected chi connectivity index (χ1v) is 13.1. The molecular formula is C29H37FN4O5. The SMILES string of the molecule is C=C/C(F)=C\C1=C(C)OC(C)(C)[C@@H](O)[C@@H]1NC(=O)c1ccc2c(c1)[C@H](N1C(=O)C[C@](C)(CC)N=C1N)CCO2. The molecule has 0 aliphatic carbocycles. The average molecular weight is 541 g/mol. The van der Waals surface area contributed by atoms with Crippen LogP contribution in [0.2, 0.25) is 0 Å². The van der Waals surface area contributed by atoms with Crippen LogP contribution in [0.1, 0.15) is 75.8 Å². The molecule has 210 valence electrons. The fourth-order valence-electron chi connectivity index (χ4n) is 5.32. The number of nitrogens with zero attached hydrogens (tertiary/aromatic N) is 2. The molecule has 0 unspecified atom stereocenters. The van der Waals surface area contributed by atoms with Gasteiger partial charge in [0.25, 0.3) is 5.91 Å². The van der Waals surface area contributed by atoms with Gasteiger partial charge in [-0.05, 0) is 64.5 Å². The summed E-state index contributed by atoms with van der Waals surface area (Å²) in [5.74, 6) is -0.175. The minimum atomic E-state index is -1.17. The third kappa shape index (κ3) is 5.43. The molecule has 0 bridgehead atoms. The van der Waals surface area contributed by atoms with Crippen molar-refractivity contribution in [1.29, 1.82) is 0 Å². The Hall–Kier alpha value is -3.66. The van der Waals surface area contributed by atoms with E-state index in [4.69, 9.17) is 15.2 Å². The number of aliphatic imine (C=N–C) groups is 1. The predicted octanol–water partition coefficient (Wildman–Crippen LogP) is 3.81. The van der Waals surface area contributed by atoms with E-state index in [9.17, 15) is 19.1 Å². The van der Waals surface area contributed by atoms with Crippen molar-refractivity contribution >= 4 is 17.8 Å². The molecule has 1 aromatic rings. The Morgan fingerprint density at radius 1 is 1.38 bits per heavy atom. The number of carbonyl (C=O) groups excluding carboxylic acids is 2. The summed E-state index contributed by atoms with van der Waals surface area (Å²) < 4.78 is 25.8. The van der Waals surface area contributed by atoms with Gasteiger partial charge in [-0.1, -0.05) is 13.5 Å². The number of nitrogens with one attached hydrogen (secondary N) is 1. The Morgan fingerprint density at radius 2 is 2.10 bits per heavy atom. The Bertz CT molecular complexity index is 1290. The number of halogens is 1. The Labute approximate surface area is 228 Å². The highest BCUT2D eigenvalue weighted by molar-refractivity contribution is 6.00. The van der Waals surface area contributed by atoms with Gasteiger partial charge >= 0.3 is 0 Å². The molecule has 4 atom stereocenters. The number of ether oxygens (including phenoxy) is 2. The van der Waals surface area contributed by atoms with Crippen molar-refractivity contribution in [3.05, 3.63) is 65.2 Å². The highest BCUT2D eigenvalue weighted by Crippen LogP contribution is 2.40. The Morgan fingerprint density at radius 3 is 2.74 bits per heavy atom. The minimum Gasteiger partial charge on any atom is -0.493 e. The summed E-state index contributed by atoms with van der Waals surface area (Å²) in [5.41, 5.74) is 5.94. The Balaban J connectivity index is 1.67. The number of amides is 2. The van der Waals surface area contributed by atoms with Gasteiger partial charge in [0.05, 0.1) is 36.4 Å². The van der Waals surface area contributed by atoms with E-state index >= 15 is 0 Å². The van der Waals surface area contributed by atoms with Crippen molar-refractivity contribution in [1.82, 2.24) is 10.2 Å². The maximum Gasteiger partial charge on any atom is 0.251 e. The second kappa shape index (κ2) is 10.5. The van der Waals surface area contributed by atoms with Crippen LogP contribution in [0.25, 0.3) is 0 Å². The molecule has 0 aromatic heterocycles. The summed E-state index contributed by atoms with van der Waals surface area (Å²) in [7, 11) is 0. The number of fused-ring (bicyclic) bond motifs is 1. The van der Waals surface area contributed by atoms with Crippen molar-refractivity contribution in [2.24, 2.45) is 10.7 Å². The zero-order chi connectivity index (χ0) is 28.7. The summed E-state index contributed by atoms with van der Waals surface area (Å²) >= 11 is 0. The molecule has 0 fully saturated rings. The number of carbonyl (C=O) groups is 2. The first kappa shape index (κ1) is 28.4. The van der Waals surface area contributed by atoms with Gasteiger partial charge in [-0.15, -0.1) is 0 Å². The molecule has 0 spiro atoms. The van der Waals surface area contributed by atoms with Crippen LogP contribution in [0.3, 0.4) is 0 Å². The molecule has 10 heteroatoms. The number of aliphatic hydroxyl groups is 1. The van der Waals surface area contributed by atoms with Crippen LogP contribution in [-0.4, -0.2) is 57.7 Å². The molecule has 3 heterocycles. The van der Waals surface area contributed by atoms with Gasteiger partial charge in [-0.25, -0.2) is 9.38 Å². The lowest BCUT2D eigenvalue weighted by molar-refractivity contribution is -0.131. The highest BCUT2D eigenvalue weighted by Gasteiger charge is 2.44. The minimum absolute atomic E-state index is 0.131. The molecule has 9 nitrogen and oxygen atoms in total. The van der Waals surface area contributed by atoms with Crippen molar-refractivity contribution in [3.8, 4) is 5.75 Å². The van der Waals surface area contributed by atoms with Gasteiger partial charge in [-0.3, -0.25) is 14.5 Å². The van der Waals surface area contributed by atoms with E-state index in [1.165, 1.54) is 11.0 Å². The summed E-state index contributed by atoms with van der Waals surface area (Å²) in [6, 6.07) is 3.55. The van der Waals surface area contributed by atoms with Crippen LogP contribution in [0.4, 0.5) is 4.39 Å². The molecular weight excluding hydrogens is 503 g/mol. The normalized spacial score (nSPS) is 28.6. The maximum atomic E-state index is 14.2. The molecule has 1 aromatic carbocycles. The second-order valence-corrected chi connectivity index (χ2v) is 11.0. The number of nitrogens with two attached hydrogens (primary N) is 1. The smallest absolute Gasteiger partial charge is 0.251 e. The van der Waals surface area contributed by atoms with E-state index in [-0.39, 0.29) is 23.9 Å². The molecule has 4 N–H and O–H groups in total. The zero-order valence-electron chi connectivity index (χ0n) is 23.1. The fourth-order valence-corrected chi connectivity index (χ4v) is 5.32. The summed E-state index contributed by atoms with van der Waals surface area (Å²) in [6.07, 6.45) is 2.45. The number of guanidine groups is 1. The number of hydrogen-bond acceptors (Lipinski definition) is 7. The van der Waals surface area contributed by atoms with Gasteiger partial charge in [0.1, 0.15) is 23.3 Å². The van der Waals surface area contributed by atoms with E-state index in [0.717, 1.165) is 6.08 Å². The number of rotatable bonds is 6. The molecule has 0 saturated carbocycles. The van der Waals surface area contributed by atoms with E-state index in [1.807, 2.05) is 13.8 Å². The quantitative estimate of drug-likeness (QED) is 0.471. The third-order valence-electron chi connectivity index (χ3n) is 7.75. The largest absolute Gasteiger partial charge is 0.493 e. The number of hydrogen-bond donors (Lipinski definition) is 3. The molecule has 2 amide bonds. The van der Waals surface area contributed by atoms with Crippen molar-refractivity contribution in [2.75, 3.05) is 6.61 Å². The monoisotopic (exact) mass is 540 g/mol. The van der Waals surface area contributed by atoms with Gasteiger partial charge in [0.15, 0.2) is 5.96 Å². The summed E-state index contributed by atoms with van der Waals surface area (Å²) in [5, 5.41) is 13.9.